The maximum atomic E-state index is 11.1. The third-order valence-corrected chi connectivity index (χ3v) is 2.48. The molecule has 70 valence electrons. The van der Waals surface area contributed by atoms with Crippen molar-refractivity contribution >= 4 is 5.91 Å². The fraction of sp³-hybridized carbons (Fsp3) is 0.889. The molecule has 0 radical (unpaired) electrons. The van der Waals surface area contributed by atoms with Crippen LogP contribution in [0.3, 0.4) is 0 Å². The molecule has 1 rings (SSSR count). The van der Waals surface area contributed by atoms with Gasteiger partial charge in [0.25, 0.3) is 0 Å². The smallest absolute Gasteiger partial charge is 0.246 e. The third-order valence-electron chi connectivity index (χ3n) is 2.48. The quantitative estimate of drug-likeness (QED) is 0.686. The molecule has 0 aromatic heterocycles. The van der Waals surface area contributed by atoms with Crippen LogP contribution in [-0.2, 0) is 9.53 Å². The number of rotatable bonds is 3. The Bertz CT molecular complexity index is 159. The van der Waals surface area contributed by atoms with Gasteiger partial charge in [-0.15, -0.1) is 0 Å². The number of nitrogens with one attached hydrogen (secondary N) is 1. The summed E-state index contributed by atoms with van der Waals surface area (Å²) in [6.45, 7) is 2.37. The van der Waals surface area contributed by atoms with Crippen molar-refractivity contribution in [2.75, 3.05) is 13.7 Å². The fourth-order valence-corrected chi connectivity index (χ4v) is 1.74. The summed E-state index contributed by atoms with van der Waals surface area (Å²) >= 11 is 0. The molecule has 0 spiro atoms. The topological polar surface area (TPSA) is 38.3 Å². The van der Waals surface area contributed by atoms with Crippen LogP contribution >= 0.6 is 0 Å². The molecule has 0 aliphatic heterocycles. The van der Waals surface area contributed by atoms with E-state index in [2.05, 4.69) is 12.2 Å². The highest BCUT2D eigenvalue weighted by atomic mass is 16.5. The van der Waals surface area contributed by atoms with Gasteiger partial charge in [-0.1, -0.05) is 13.3 Å². The van der Waals surface area contributed by atoms with Gasteiger partial charge < -0.3 is 10.1 Å². The lowest BCUT2D eigenvalue weighted by atomic mass is 10.1. The summed E-state index contributed by atoms with van der Waals surface area (Å²) in [5, 5.41) is 2.97. The van der Waals surface area contributed by atoms with Gasteiger partial charge in [-0.3, -0.25) is 4.79 Å². The van der Waals surface area contributed by atoms with Crippen molar-refractivity contribution in [1.29, 1.82) is 0 Å². The van der Waals surface area contributed by atoms with Crippen molar-refractivity contribution in [1.82, 2.24) is 5.32 Å². The predicted octanol–water partition coefficient (Wildman–Crippen LogP) is 0.938. The van der Waals surface area contributed by atoms with E-state index in [1.165, 1.54) is 20.0 Å². The minimum absolute atomic E-state index is 0.0104. The van der Waals surface area contributed by atoms with Crippen LogP contribution in [0.1, 0.15) is 26.2 Å². The minimum atomic E-state index is 0.0104. The highest BCUT2D eigenvalue weighted by Gasteiger charge is 2.24. The van der Waals surface area contributed by atoms with E-state index >= 15 is 0 Å². The van der Waals surface area contributed by atoms with Gasteiger partial charge in [-0.2, -0.15) is 0 Å². The largest absolute Gasteiger partial charge is 0.375 e. The summed E-state index contributed by atoms with van der Waals surface area (Å²) in [5.74, 6) is 0.641. The average Bonchev–Trinajstić information content (AvgIpc) is 2.37. The van der Waals surface area contributed by atoms with E-state index in [0.29, 0.717) is 12.0 Å². The normalized spacial score (nSPS) is 28.8. The minimum Gasteiger partial charge on any atom is -0.375 e. The van der Waals surface area contributed by atoms with Gasteiger partial charge in [-0.05, 0) is 18.8 Å². The molecule has 2 atom stereocenters. The summed E-state index contributed by atoms with van der Waals surface area (Å²) in [6.07, 6.45) is 3.59. The lowest BCUT2D eigenvalue weighted by Gasteiger charge is -2.16. The van der Waals surface area contributed by atoms with Crippen LogP contribution in [-0.4, -0.2) is 25.7 Å². The molecule has 0 aromatic rings. The fourth-order valence-electron chi connectivity index (χ4n) is 1.74. The Kier molecular flexibility index (Phi) is 3.53. The van der Waals surface area contributed by atoms with E-state index in [1.807, 2.05) is 0 Å². The van der Waals surface area contributed by atoms with E-state index < -0.39 is 0 Å². The lowest BCUT2D eigenvalue weighted by Crippen LogP contribution is -2.38. The maximum Gasteiger partial charge on any atom is 0.246 e. The molecular weight excluding hydrogens is 154 g/mol. The Balaban J connectivity index is 2.25. The number of hydrogen-bond acceptors (Lipinski definition) is 2. The van der Waals surface area contributed by atoms with Crippen molar-refractivity contribution in [3.63, 3.8) is 0 Å². The molecule has 3 heteroatoms. The Morgan fingerprint density at radius 3 is 2.83 bits per heavy atom. The number of carbonyl (C=O) groups is 1. The molecule has 1 fully saturated rings. The van der Waals surface area contributed by atoms with Crippen LogP contribution in [0.15, 0.2) is 0 Å². The summed E-state index contributed by atoms with van der Waals surface area (Å²) in [6, 6.07) is 0.382. The Labute approximate surface area is 73.5 Å². The van der Waals surface area contributed by atoms with Crippen LogP contribution in [0.25, 0.3) is 0 Å². The molecule has 0 heterocycles. The van der Waals surface area contributed by atoms with E-state index in [0.717, 1.165) is 6.42 Å². The number of hydrogen-bond donors (Lipinski definition) is 1. The van der Waals surface area contributed by atoms with Crippen LogP contribution in [0, 0.1) is 5.92 Å². The Morgan fingerprint density at radius 2 is 2.33 bits per heavy atom. The SMILES string of the molecule is COCC(=O)NC1CCCC1C. The standard InChI is InChI=1S/C9H17NO2/c1-7-4-3-5-8(7)10-9(11)6-12-2/h7-8H,3-6H2,1-2H3,(H,10,11). The molecule has 1 N–H and O–H groups in total. The molecule has 12 heavy (non-hydrogen) atoms. The van der Waals surface area contributed by atoms with Crippen molar-refractivity contribution < 1.29 is 9.53 Å². The zero-order valence-corrected chi connectivity index (χ0v) is 7.80. The van der Waals surface area contributed by atoms with Crippen LogP contribution < -0.4 is 5.32 Å². The third kappa shape index (κ3) is 2.48. The molecule has 1 aliphatic rings. The number of amides is 1. The van der Waals surface area contributed by atoms with Crippen molar-refractivity contribution in [2.45, 2.75) is 32.2 Å². The average molecular weight is 171 g/mol. The Hall–Kier alpha value is -0.570. The first-order valence-corrected chi connectivity index (χ1v) is 4.52. The maximum absolute atomic E-state index is 11.1. The van der Waals surface area contributed by atoms with Crippen LogP contribution in [0.5, 0.6) is 0 Å². The predicted molar refractivity (Wildman–Crippen MR) is 46.8 cm³/mol. The van der Waals surface area contributed by atoms with Gasteiger partial charge in [-0.25, -0.2) is 0 Å². The molecule has 0 saturated heterocycles. The van der Waals surface area contributed by atoms with Gasteiger partial charge in [0.2, 0.25) is 5.91 Å². The summed E-state index contributed by atoms with van der Waals surface area (Å²) in [7, 11) is 1.54. The van der Waals surface area contributed by atoms with Gasteiger partial charge in [0.15, 0.2) is 0 Å². The van der Waals surface area contributed by atoms with Crippen molar-refractivity contribution in [3.05, 3.63) is 0 Å². The molecular formula is C9H17NO2. The first-order chi connectivity index (χ1) is 5.74. The second-order valence-electron chi connectivity index (χ2n) is 3.52. The number of methoxy groups -OCH3 is 1. The van der Waals surface area contributed by atoms with E-state index in [-0.39, 0.29) is 12.5 Å². The van der Waals surface area contributed by atoms with E-state index in [9.17, 15) is 4.79 Å². The van der Waals surface area contributed by atoms with Gasteiger partial charge in [0.05, 0.1) is 0 Å². The number of carbonyl (C=O) groups excluding carboxylic acids is 1. The molecule has 3 nitrogen and oxygen atoms in total. The zero-order valence-electron chi connectivity index (χ0n) is 7.80. The zero-order chi connectivity index (χ0) is 8.97. The van der Waals surface area contributed by atoms with Crippen LogP contribution in [0.2, 0.25) is 0 Å². The summed E-state index contributed by atoms with van der Waals surface area (Å²) < 4.78 is 4.74. The monoisotopic (exact) mass is 171 g/mol. The molecule has 0 bridgehead atoms. The molecule has 0 aromatic carbocycles. The second kappa shape index (κ2) is 4.45. The van der Waals surface area contributed by atoms with Gasteiger partial charge in [0, 0.05) is 13.2 Å². The van der Waals surface area contributed by atoms with Gasteiger partial charge in [0.1, 0.15) is 6.61 Å². The molecule has 1 amide bonds. The van der Waals surface area contributed by atoms with E-state index in [4.69, 9.17) is 4.74 Å². The molecule has 1 saturated carbocycles. The lowest BCUT2D eigenvalue weighted by molar-refractivity contribution is -0.125. The second-order valence-corrected chi connectivity index (χ2v) is 3.52. The van der Waals surface area contributed by atoms with Crippen LogP contribution in [0.4, 0.5) is 0 Å². The molecule has 2 unspecified atom stereocenters. The van der Waals surface area contributed by atoms with Crippen molar-refractivity contribution in [3.8, 4) is 0 Å². The Morgan fingerprint density at radius 1 is 1.58 bits per heavy atom. The first-order valence-electron chi connectivity index (χ1n) is 4.52. The highest BCUT2D eigenvalue weighted by Crippen LogP contribution is 2.24. The van der Waals surface area contributed by atoms with E-state index in [1.54, 1.807) is 0 Å². The first kappa shape index (κ1) is 9.52. The summed E-state index contributed by atoms with van der Waals surface area (Å²) in [4.78, 5) is 11.1. The van der Waals surface area contributed by atoms with Crippen molar-refractivity contribution in [2.24, 2.45) is 5.92 Å². The number of ether oxygens (including phenoxy) is 1. The van der Waals surface area contributed by atoms with Gasteiger partial charge >= 0.3 is 0 Å². The molecule has 1 aliphatic carbocycles. The highest BCUT2D eigenvalue weighted by molar-refractivity contribution is 5.77. The summed E-state index contributed by atoms with van der Waals surface area (Å²) in [5.41, 5.74) is 0.